The quantitative estimate of drug-likeness (QED) is 0.281. The highest BCUT2D eigenvalue weighted by atomic mass is 32.2. The van der Waals surface area contributed by atoms with E-state index in [2.05, 4.69) is 4.99 Å². The summed E-state index contributed by atoms with van der Waals surface area (Å²) in [5, 5.41) is 33.9. The summed E-state index contributed by atoms with van der Waals surface area (Å²) >= 11 is 1.20. The summed E-state index contributed by atoms with van der Waals surface area (Å²) < 4.78 is 0. The lowest BCUT2D eigenvalue weighted by Gasteiger charge is -2.09. The number of fused-ring (bicyclic) bond motifs is 1. The Balaban J connectivity index is 1.73. The van der Waals surface area contributed by atoms with Gasteiger partial charge in [0, 0.05) is 23.1 Å². The molecule has 7 heteroatoms. The van der Waals surface area contributed by atoms with Gasteiger partial charge in [0.15, 0.2) is 5.17 Å². The van der Waals surface area contributed by atoms with Crippen molar-refractivity contribution < 1.29 is 10.0 Å². The van der Waals surface area contributed by atoms with Gasteiger partial charge in [0.05, 0.1) is 11.4 Å². The molecule has 0 aromatic heterocycles. The monoisotopic (exact) mass is 366 g/mol. The maximum atomic E-state index is 10.7. The molecule has 0 aliphatic heterocycles. The molecule has 0 atom stereocenters. The molecule has 0 radical (unpaired) electrons. The van der Waals surface area contributed by atoms with Crippen LogP contribution in [0.1, 0.15) is 0 Å². The van der Waals surface area contributed by atoms with Crippen LogP contribution in [0.4, 0.5) is 5.69 Å². The highest BCUT2D eigenvalue weighted by Gasteiger charge is 2.09. The first-order valence-electron chi connectivity index (χ1n) is 7.79. The lowest BCUT2D eigenvalue weighted by atomic mass is 10.1. The zero-order valence-electron chi connectivity index (χ0n) is 13.7. The van der Waals surface area contributed by atoms with Gasteiger partial charge >= 0.3 is 0 Å². The molecule has 0 unspecified atom stereocenters. The van der Waals surface area contributed by atoms with Gasteiger partial charge in [-0.1, -0.05) is 48.2 Å². The van der Waals surface area contributed by atoms with E-state index in [0.717, 1.165) is 16.5 Å². The first-order valence-corrected chi connectivity index (χ1v) is 8.77. The number of aliphatic imine (C=N–C) groups is 1. The molecule has 1 aliphatic rings. The molecule has 0 spiro atoms. The minimum absolute atomic E-state index is 0.0220. The van der Waals surface area contributed by atoms with Crippen molar-refractivity contribution in [1.82, 2.24) is 0 Å². The number of amidine groups is 1. The second-order valence-electron chi connectivity index (χ2n) is 5.49. The van der Waals surface area contributed by atoms with E-state index in [-0.39, 0.29) is 17.2 Å². The van der Waals surface area contributed by atoms with Crippen molar-refractivity contribution in [2.45, 2.75) is 0 Å². The number of rotatable bonds is 3. The van der Waals surface area contributed by atoms with Crippen LogP contribution in [0.5, 0.6) is 0 Å². The maximum absolute atomic E-state index is 10.7. The molecule has 0 bridgehead atoms. The molecule has 1 aliphatic carbocycles. The van der Waals surface area contributed by atoms with E-state index in [4.69, 9.17) is 5.73 Å². The molecule has 0 saturated carbocycles. The SMILES string of the molecule is NC(=Nc1cccc2ccccc12)SCC(O)=C1C=CC(=[N+]([O-])[O-])C=C1. The molecule has 0 fully saturated rings. The van der Waals surface area contributed by atoms with E-state index in [0.29, 0.717) is 10.7 Å². The van der Waals surface area contributed by atoms with E-state index in [1.807, 2.05) is 42.5 Å². The summed E-state index contributed by atoms with van der Waals surface area (Å²) in [6, 6.07) is 13.7. The molecule has 0 heterocycles. The van der Waals surface area contributed by atoms with Gasteiger partial charge in [0.2, 0.25) is 5.71 Å². The molecule has 3 rings (SSSR count). The number of hydrogen-bond donors (Lipinski definition) is 2. The fourth-order valence-electron chi connectivity index (χ4n) is 2.46. The zero-order valence-corrected chi connectivity index (χ0v) is 14.5. The summed E-state index contributed by atoms with van der Waals surface area (Å²) in [7, 11) is 0. The van der Waals surface area contributed by atoms with Gasteiger partial charge in [0.25, 0.3) is 0 Å². The number of aliphatic hydroxyl groups is 1. The van der Waals surface area contributed by atoms with Crippen LogP contribution >= 0.6 is 11.8 Å². The van der Waals surface area contributed by atoms with Gasteiger partial charge in [-0.25, -0.2) is 4.99 Å². The molecular formula is C19H16N3O3S-. The number of hydrogen-bond acceptors (Lipinski definition) is 5. The van der Waals surface area contributed by atoms with Crippen LogP contribution in [-0.4, -0.2) is 26.6 Å². The largest absolute Gasteiger partial charge is 0.612 e. The maximum Gasteiger partial charge on any atom is 0.222 e. The number of thioether (sulfide) groups is 1. The Labute approximate surface area is 154 Å². The van der Waals surface area contributed by atoms with Crippen molar-refractivity contribution in [2.24, 2.45) is 10.7 Å². The van der Waals surface area contributed by atoms with Crippen molar-refractivity contribution in [3.8, 4) is 0 Å². The van der Waals surface area contributed by atoms with E-state index < -0.39 is 4.90 Å². The topological polar surface area (TPSA) is 108 Å². The van der Waals surface area contributed by atoms with Crippen LogP contribution in [0.2, 0.25) is 0 Å². The third-order valence-electron chi connectivity index (χ3n) is 3.77. The van der Waals surface area contributed by atoms with Crippen LogP contribution in [0.3, 0.4) is 0 Å². The normalized spacial score (nSPS) is 14.1. The van der Waals surface area contributed by atoms with Crippen molar-refractivity contribution in [3.05, 3.63) is 88.5 Å². The minimum Gasteiger partial charge on any atom is -0.612 e. The van der Waals surface area contributed by atoms with Crippen molar-refractivity contribution in [2.75, 3.05) is 5.75 Å². The van der Waals surface area contributed by atoms with Crippen LogP contribution in [0.15, 0.2) is 83.1 Å². The predicted octanol–water partition coefficient (Wildman–Crippen LogP) is 3.91. The van der Waals surface area contributed by atoms with Crippen LogP contribution in [-0.2, 0) is 0 Å². The Morgan fingerprint density at radius 1 is 1.04 bits per heavy atom. The summed E-state index contributed by atoms with van der Waals surface area (Å²) in [5.41, 5.74) is 7.25. The highest BCUT2D eigenvalue weighted by Crippen LogP contribution is 2.26. The first kappa shape index (κ1) is 17.6. The van der Waals surface area contributed by atoms with E-state index in [1.54, 1.807) is 0 Å². The van der Waals surface area contributed by atoms with Gasteiger partial charge in [-0.2, -0.15) is 4.90 Å². The second-order valence-corrected chi connectivity index (χ2v) is 6.48. The van der Waals surface area contributed by atoms with E-state index in [1.165, 1.54) is 36.1 Å². The highest BCUT2D eigenvalue weighted by molar-refractivity contribution is 8.13. The van der Waals surface area contributed by atoms with Gasteiger partial charge in [-0.15, -0.1) is 0 Å². The molecule has 6 nitrogen and oxygen atoms in total. The predicted molar refractivity (Wildman–Crippen MR) is 108 cm³/mol. The minimum atomic E-state index is -0.482. The van der Waals surface area contributed by atoms with Crippen LogP contribution in [0, 0.1) is 10.4 Å². The number of nitrogens with zero attached hydrogens (tertiary/aromatic N) is 2. The first-order chi connectivity index (χ1) is 12.5. The summed E-state index contributed by atoms with van der Waals surface area (Å²) in [4.78, 5) is 3.95. The van der Waals surface area contributed by atoms with Crippen molar-refractivity contribution >= 4 is 39.1 Å². The Morgan fingerprint density at radius 3 is 2.46 bits per heavy atom. The summed E-state index contributed by atoms with van der Waals surface area (Å²) in [5.74, 6) is 0.304. The number of aliphatic hydroxyl groups excluding tert-OH is 1. The van der Waals surface area contributed by atoms with E-state index in [9.17, 15) is 15.5 Å². The Bertz CT molecular complexity index is 963. The second kappa shape index (κ2) is 7.79. The summed E-state index contributed by atoms with van der Waals surface area (Å²) in [6.45, 7) is 0. The van der Waals surface area contributed by atoms with Crippen LogP contribution < -0.4 is 5.73 Å². The van der Waals surface area contributed by atoms with Crippen LogP contribution in [0.25, 0.3) is 10.8 Å². The number of allylic oxidation sites excluding steroid dienone is 5. The Hall–Kier alpha value is -3.19. The average molecular weight is 366 g/mol. The number of nitrogens with two attached hydrogens (primary N) is 1. The lowest BCUT2D eigenvalue weighted by molar-refractivity contribution is -0.377. The Morgan fingerprint density at radius 2 is 1.73 bits per heavy atom. The summed E-state index contributed by atoms with van der Waals surface area (Å²) in [6.07, 6.45) is 5.71. The Kier molecular flexibility index (Phi) is 5.28. The molecule has 3 N–H and O–H groups in total. The fourth-order valence-corrected chi connectivity index (χ4v) is 3.07. The van der Waals surface area contributed by atoms with Gasteiger partial charge in [0.1, 0.15) is 5.76 Å². The molecule has 2 aromatic rings. The van der Waals surface area contributed by atoms with Crippen molar-refractivity contribution in [3.63, 3.8) is 0 Å². The fraction of sp³-hybridized carbons (Fsp3) is 0.0526. The molecule has 2 aromatic carbocycles. The smallest absolute Gasteiger partial charge is 0.222 e. The lowest BCUT2D eigenvalue weighted by Crippen LogP contribution is -2.09. The van der Waals surface area contributed by atoms with Gasteiger partial charge in [-0.3, -0.25) is 0 Å². The average Bonchev–Trinajstić information content (AvgIpc) is 2.66. The molecule has 26 heavy (non-hydrogen) atoms. The van der Waals surface area contributed by atoms with Gasteiger partial charge < -0.3 is 21.3 Å². The molecule has 0 saturated heterocycles. The molecular weight excluding hydrogens is 350 g/mol. The zero-order chi connectivity index (χ0) is 18.5. The van der Waals surface area contributed by atoms with Gasteiger partial charge in [-0.05, 0) is 23.6 Å². The van der Waals surface area contributed by atoms with Crippen molar-refractivity contribution in [1.29, 1.82) is 0 Å². The molecule has 0 amide bonds. The van der Waals surface area contributed by atoms with E-state index >= 15 is 0 Å². The molecule has 132 valence electrons. The number of benzene rings is 2. The standard InChI is InChI=1S/C19H16N3O3S/c20-19(21-17-7-3-5-13-4-1-2-6-16(13)17)26-12-18(23)14-8-10-15(11-9-14)22(24)25/h1-11H,12H2,(H3-,20,21,23,24,25)/q-1. The third kappa shape index (κ3) is 4.07. The third-order valence-corrected chi connectivity index (χ3v) is 4.57.